The van der Waals surface area contributed by atoms with Gasteiger partial charge in [0.25, 0.3) is 5.91 Å². The zero-order valence-corrected chi connectivity index (χ0v) is 14.8. The molecule has 0 radical (unpaired) electrons. The van der Waals surface area contributed by atoms with E-state index < -0.39 is 12.1 Å². The van der Waals surface area contributed by atoms with E-state index in [9.17, 15) is 14.0 Å². The van der Waals surface area contributed by atoms with Gasteiger partial charge >= 0.3 is 5.97 Å². The minimum atomic E-state index is -0.877. The van der Waals surface area contributed by atoms with Gasteiger partial charge in [0.15, 0.2) is 6.10 Å². The molecule has 0 spiro atoms. The van der Waals surface area contributed by atoms with Gasteiger partial charge in [0.2, 0.25) is 0 Å². The molecule has 0 unspecified atom stereocenters. The van der Waals surface area contributed by atoms with E-state index in [1.807, 2.05) is 6.07 Å². The van der Waals surface area contributed by atoms with E-state index in [-0.39, 0.29) is 24.7 Å². The van der Waals surface area contributed by atoms with Crippen LogP contribution < -0.4 is 5.32 Å². The number of halogens is 1. The highest BCUT2D eigenvalue weighted by Crippen LogP contribution is 2.23. The lowest BCUT2D eigenvalue weighted by atomic mass is 10.0. The summed E-state index contributed by atoms with van der Waals surface area (Å²) in [7, 11) is 0. The molecule has 4 nitrogen and oxygen atoms in total. The smallest absolute Gasteiger partial charge is 0.311 e. The van der Waals surface area contributed by atoms with E-state index in [0.29, 0.717) is 0 Å². The average Bonchev–Trinajstić information content (AvgIpc) is 3.08. The molecule has 0 aromatic heterocycles. The van der Waals surface area contributed by atoms with E-state index >= 15 is 0 Å². The first-order valence-electron chi connectivity index (χ1n) is 8.83. The first-order chi connectivity index (χ1) is 12.5. The van der Waals surface area contributed by atoms with Crippen LogP contribution in [0.15, 0.2) is 42.5 Å². The number of rotatable bonds is 6. The molecule has 1 aliphatic rings. The summed E-state index contributed by atoms with van der Waals surface area (Å²) in [6.07, 6.45) is 2.60. The zero-order valence-electron chi connectivity index (χ0n) is 14.8. The summed E-state index contributed by atoms with van der Waals surface area (Å²) in [5, 5.41) is 2.68. The summed E-state index contributed by atoms with van der Waals surface area (Å²) >= 11 is 0. The lowest BCUT2D eigenvalue weighted by Crippen LogP contribution is -2.35. The predicted molar refractivity (Wildman–Crippen MR) is 96.0 cm³/mol. The molecule has 26 heavy (non-hydrogen) atoms. The molecule has 0 aliphatic heterocycles. The molecule has 0 heterocycles. The van der Waals surface area contributed by atoms with E-state index in [1.54, 1.807) is 19.1 Å². The van der Waals surface area contributed by atoms with Crippen molar-refractivity contribution in [1.29, 1.82) is 0 Å². The standard InChI is InChI=1S/C21H22FNO3/c1-14(21(25)23-13-15-6-9-19(22)10-7-15)26-20(24)12-16-5-8-17-3-2-4-18(17)11-16/h5-11,14H,2-4,12-13H2,1H3,(H,23,25)/t14-/m0/s1. The van der Waals surface area contributed by atoms with Crippen LogP contribution in [-0.2, 0) is 40.1 Å². The summed E-state index contributed by atoms with van der Waals surface area (Å²) in [5.41, 5.74) is 4.35. The van der Waals surface area contributed by atoms with Gasteiger partial charge in [-0.1, -0.05) is 30.3 Å². The van der Waals surface area contributed by atoms with Gasteiger partial charge in [-0.3, -0.25) is 9.59 Å². The molecular weight excluding hydrogens is 333 g/mol. The number of ether oxygens (including phenoxy) is 1. The molecular formula is C21H22FNO3. The van der Waals surface area contributed by atoms with E-state index in [0.717, 1.165) is 30.4 Å². The minimum absolute atomic E-state index is 0.156. The Morgan fingerprint density at radius 3 is 2.54 bits per heavy atom. The van der Waals surface area contributed by atoms with E-state index in [2.05, 4.69) is 17.4 Å². The van der Waals surface area contributed by atoms with Gasteiger partial charge in [-0.05, 0) is 60.6 Å². The Balaban J connectivity index is 1.47. The van der Waals surface area contributed by atoms with Crippen molar-refractivity contribution >= 4 is 11.9 Å². The second kappa shape index (κ2) is 8.13. The fourth-order valence-corrected chi connectivity index (χ4v) is 3.13. The summed E-state index contributed by atoms with van der Waals surface area (Å²) in [4.78, 5) is 24.2. The lowest BCUT2D eigenvalue weighted by molar-refractivity contribution is -0.154. The Bertz CT molecular complexity index is 801. The van der Waals surface area contributed by atoms with Gasteiger partial charge in [-0.15, -0.1) is 0 Å². The van der Waals surface area contributed by atoms with Gasteiger partial charge < -0.3 is 10.1 Å². The molecule has 1 N–H and O–H groups in total. The summed E-state index contributed by atoms with van der Waals surface area (Å²) in [6.45, 7) is 1.80. The SMILES string of the molecule is C[C@H](OC(=O)Cc1ccc2c(c1)CCC2)C(=O)NCc1ccc(F)cc1. The van der Waals surface area contributed by atoms with Crippen LogP contribution in [0.5, 0.6) is 0 Å². The predicted octanol–water partition coefficient (Wildman–Crippen LogP) is 3.11. The number of carbonyl (C=O) groups excluding carboxylic acids is 2. The summed E-state index contributed by atoms with van der Waals surface area (Å²) in [6, 6.07) is 11.9. The summed E-state index contributed by atoms with van der Waals surface area (Å²) in [5.74, 6) is -1.13. The minimum Gasteiger partial charge on any atom is -0.452 e. The fraction of sp³-hybridized carbons (Fsp3) is 0.333. The number of hydrogen-bond acceptors (Lipinski definition) is 3. The molecule has 0 saturated carbocycles. The van der Waals surface area contributed by atoms with Crippen LogP contribution in [0.4, 0.5) is 4.39 Å². The highest BCUT2D eigenvalue weighted by Gasteiger charge is 2.18. The van der Waals surface area contributed by atoms with Crippen molar-refractivity contribution in [1.82, 2.24) is 5.32 Å². The number of nitrogens with one attached hydrogen (secondary N) is 1. The maximum atomic E-state index is 12.9. The van der Waals surface area contributed by atoms with Crippen molar-refractivity contribution in [2.24, 2.45) is 0 Å². The average molecular weight is 355 g/mol. The van der Waals surface area contributed by atoms with Crippen LogP contribution in [0.3, 0.4) is 0 Å². The van der Waals surface area contributed by atoms with Crippen LogP contribution in [0, 0.1) is 5.82 Å². The monoisotopic (exact) mass is 355 g/mol. The Morgan fingerprint density at radius 1 is 1.08 bits per heavy atom. The molecule has 2 aromatic rings. The number of esters is 1. The third-order valence-electron chi connectivity index (χ3n) is 4.57. The molecule has 0 bridgehead atoms. The van der Waals surface area contributed by atoms with E-state index in [1.165, 1.54) is 23.3 Å². The second-order valence-corrected chi connectivity index (χ2v) is 6.61. The molecule has 136 valence electrons. The maximum Gasteiger partial charge on any atom is 0.311 e. The molecule has 1 atom stereocenters. The number of benzene rings is 2. The Labute approximate surface area is 152 Å². The van der Waals surface area contributed by atoms with Crippen molar-refractivity contribution in [3.8, 4) is 0 Å². The highest BCUT2D eigenvalue weighted by molar-refractivity contribution is 5.83. The molecule has 0 fully saturated rings. The van der Waals surface area contributed by atoms with Crippen LogP contribution >= 0.6 is 0 Å². The van der Waals surface area contributed by atoms with Crippen LogP contribution in [-0.4, -0.2) is 18.0 Å². The quantitative estimate of drug-likeness (QED) is 0.810. The molecule has 2 aromatic carbocycles. The normalized spacial score (nSPS) is 13.8. The number of amides is 1. The van der Waals surface area contributed by atoms with E-state index in [4.69, 9.17) is 4.74 Å². The first-order valence-corrected chi connectivity index (χ1v) is 8.83. The molecule has 3 rings (SSSR count). The molecule has 5 heteroatoms. The zero-order chi connectivity index (χ0) is 18.5. The van der Waals surface area contributed by atoms with Crippen LogP contribution in [0.2, 0.25) is 0 Å². The fourth-order valence-electron chi connectivity index (χ4n) is 3.13. The van der Waals surface area contributed by atoms with Gasteiger partial charge in [-0.2, -0.15) is 0 Å². The van der Waals surface area contributed by atoms with Crippen molar-refractivity contribution in [3.05, 3.63) is 70.5 Å². The third kappa shape index (κ3) is 4.69. The van der Waals surface area contributed by atoms with Crippen LogP contribution in [0.1, 0.15) is 35.6 Å². The number of fused-ring (bicyclic) bond motifs is 1. The lowest BCUT2D eigenvalue weighted by Gasteiger charge is -2.14. The van der Waals surface area contributed by atoms with Gasteiger partial charge in [0, 0.05) is 6.54 Å². The third-order valence-corrected chi connectivity index (χ3v) is 4.57. The largest absolute Gasteiger partial charge is 0.452 e. The molecule has 1 aliphatic carbocycles. The number of hydrogen-bond donors (Lipinski definition) is 1. The van der Waals surface area contributed by atoms with Crippen molar-refractivity contribution in [2.45, 2.75) is 45.3 Å². The topological polar surface area (TPSA) is 55.4 Å². The maximum absolute atomic E-state index is 12.9. The van der Waals surface area contributed by atoms with Gasteiger partial charge in [0.05, 0.1) is 6.42 Å². The van der Waals surface area contributed by atoms with Crippen molar-refractivity contribution in [3.63, 3.8) is 0 Å². The Kier molecular flexibility index (Phi) is 5.66. The number of carbonyl (C=O) groups is 2. The number of aryl methyl sites for hydroxylation is 2. The van der Waals surface area contributed by atoms with Crippen LogP contribution in [0.25, 0.3) is 0 Å². The van der Waals surface area contributed by atoms with Gasteiger partial charge in [-0.25, -0.2) is 4.39 Å². The highest BCUT2D eigenvalue weighted by atomic mass is 19.1. The summed E-state index contributed by atoms with van der Waals surface area (Å²) < 4.78 is 18.1. The van der Waals surface area contributed by atoms with Gasteiger partial charge in [0.1, 0.15) is 5.82 Å². The molecule has 0 saturated heterocycles. The molecule has 1 amide bonds. The Hall–Kier alpha value is -2.69. The van der Waals surface area contributed by atoms with Crippen molar-refractivity contribution < 1.29 is 18.7 Å². The first kappa shape index (κ1) is 18.1. The van der Waals surface area contributed by atoms with Crippen molar-refractivity contribution in [2.75, 3.05) is 0 Å². The second-order valence-electron chi connectivity index (χ2n) is 6.61. The Morgan fingerprint density at radius 2 is 1.77 bits per heavy atom.